The molecule has 2 rings (SSSR count). The van der Waals surface area contributed by atoms with Crippen LogP contribution in [0.3, 0.4) is 0 Å². The number of hydrogen-bond acceptors (Lipinski definition) is 4. The fourth-order valence-electron chi connectivity index (χ4n) is 3.01. The van der Waals surface area contributed by atoms with Crippen LogP contribution in [0.4, 0.5) is 0 Å². The first-order chi connectivity index (χ1) is 10.4. The highest BCUT2D eigenvalue weighted by Crippen LogP contribution is 2.22. The van der Waals surface area contributed by atoms with Crippen molar-refractivity contribution >= 4 is 17.7 Å². The summed E-state index contributed by atoms with van der Waals surface area (Å²) in [6.45, 7) is 6.25. The number of carbonyl (C=O) groups is 3. The Labute approximate surface area is 130 Å². The van der Waals surface area contributed by atoms with Crippen molar-refractivity contribution in [3.05, 3.63) is 0 Å². The van der Waals surface area contributed by atoms with Crippen LogP contribution in [0.1, 0.15) is 26.7 Å². The summed E-state index contributed by atoms with van der Waals surface area (Å²) in [6.07, 6.45) is 0.166. The highest BCUT2D eigenvalue weighted by Gasteiger charge is 2.38. The van der Waals surface area contributed by atoms with Gasteiger partial charge in [0, 0.05) is 45.2 Å². The molecule has 22 heavy (non-hydrogen) atoms. The quantitative estimate of drug-likeness (QED) is 0.724. The molecule has 2 aliphatic rings. The van der Waals surface area contributed by atoms with Crippen LogP contribution in [-0.2, 0) is 14.4 Å². The van der Waals surface area contributed by atoms with Gasteiger partial charge in [-0.2, -0.15) is 5.26 Å². The van der Waals surface area contributed by atoms with E-state index >= 15 is 0 Å². The molecule has 0 aliphatic carbocycles. The Balaban J connectivity index is 1.87. The van der Waals surface area contributed by atoms with Gasteiger partial charge in [0.05, 0.1) is 12.0 Å². The lowest BCUT2D eigenvalue weighted by molar-refractivity contribution is -0.141. The molecule has 7 heteroatoms. The standard InChI is InChI=1S/C15H22N4O3/c1-11(2)19-10-12(9-14(19)21)15(22)18-7-5-17(6-8-18)13(20)3-4-16/h11-12H,3,5-10H2,1-2H3. The minimum Gasteiger partial charge on any atom is -0.339 e. The smallest absolute Gasteiger partial charge is 0.236 e. The van der Waals surface area contributed by atoms with Gasteiger partial charge in [-0.25, -0.2) is 0 Å². The van der Waals surface area contributed by atoms with Gasteiger partial charge in [0.25, 0.3) is 0 Å². The summed E-state index contributed by atoms with van der Waals surface area (Å²) in [6, 6.07) is 1.97. The van der Waals surface area contributed by atoms with E-state index in [0.29, 0.717) is 32.7 Å². The lowest BCUT2D eigenvalue weighted by Crippen LogP contribution is -2.52. The van der Waals surface area contributed by atoms with Crippen LogP contribution in [0.15, 0.2) is 0 Å². The normalized spacial score (nSPS) is 22.2. The Morgan fingerprint density at radius 1 is 1.23 bits per heavy atom. The molecule has 2 heterocycles. The lowest BCUT2D eigenvalue weighted by atomic mass is 10.1. The lowest BCUT2D eigenvalue weighted by Gasteiger charge is -2.35. The maximum Gasteiger partial charge on any atom is 0.236 e. The average Bonchev–Trinajstić information content (AvgIpc) is 2.89. The van der Waals surface area contributed by atoms with E-state index in [-0.39, 0.29) is 42.5 Å². The zero-order valence-corrected chi connectivity index (χ0v) is 13.1. The van der Waals surface area contributed by atoms with Crippen LogP contribution < -0.4 is 0 Å². The SMILES string of the molecule is CC(C)N1CC(C(=O)N2CCN(C(=O)CC#N)CC2)CC1=O. The van der Waals surface area contributed by atoms with Crippen LogP contribution in [0, 0.1) is 17.2 Å². The second-order valence-electron chi connectivity index (χ2n) is 6.08. The molecule has 1 unspecified atom stereocenters. The molecular weight excluding hydrogens is 284 g/mol. The van der Waals surface area contributed by atoms with Gasteiger partial charge in [-0.15, -0.1) is 0 Å². The van der Waals surface area contributed by atoms with E-state index in [4.69, 9.17) is 5.26 Å². The fourth-order valence-corrected chi connectivity index (χ4v) is 3.01. The van der Waals surface area contributed by atoms with Gasteiger partial charge in [0.15, 0.2) is 0 Å². The third-order valence-electron chi connectivity index (χ3n) is 4.31. The Bertz CT molecular complexity index is 503. The van der Waals surface area contributed by atoms with Gasteiger partial charge in [0.2, 0.25) is 17.7 Å². The number of amides is 3. The van der Waals surface area contributed by atoms with E-state index in [9.17, 15) is 14.4 Å². The van der Waals surface area contributed by atoms with Gasteiger partial charge in [-0.3, -0.25) is 14.4 Å². The largest absolute Gasteiger partial charge is 0.339 e. The highest BCUT2D eigenvalue weighted by atomic mass is 16.2. The fraction of sp³-hybridized carbons (Fsp3) is 0.733. The molecular formula is C15H22N4O3. The predicted molar refractivity (Wildman–Crippen MR) is 78.3 cm³/mol. The summed E-state index contributed by atoms with van der Waals surface area (Å²) in [5.74, 6) is -0.409. The van der Waals surface area contributed by atoms with Crippen LogP contribution >= 0.6 is 0 Å². The number of nitrogens with zero attached hydrogens (tertiary/aromatic N) is 4. The molecule has 0 radical (unpaired) electrons. The molecule has 0 aromatic carbocycles. The van der Waals surface area contributed by atoms with Gasteiger partial charge < -0.3 is 14.7 Å². The summed E-state index contributed by atoms with van der Waals surface area (Å²) in [7, 11) is 0. The number of nitriles is 1. The Hall–Kier alpha value is -2.10. The second-order valence-corrected chi connectivity index (χ2v) is 6.08. The minimum absolute atomic E-state index is 0.00359. The monoisotopic (exact) mass is 306 g/mol. The Morgan fingerprint density at radius 2 is 1.82 bits per heavy atom. The molecule has 0 aromatic heterocycles. The molecule has 3 amide bonds. The van der Waals surface area contributed by atoms with Crippen LogP contribution in [0.25, 0.3) is 0 Å². The molecule has 0 bridgehead atoms. The van der Waals surface area contributed by atoms with E-state index < -0.39 is 0 Å². The molecule has 2 fully saturated rings. The molecule has 120 valence electrons. The summed E-state index contributed by atoms with van der Waals surface area (Å²) in [4.78, 5) is 41.1. The number of rotatable bonds is 3. The first-order valence-electron chi connectivity index (χ1n) is 7.67. The van der Waals surface area contributed by atoms with Crippen LogP contribution in [0.5, 0.6) is 0 Å². The van der Waals surface area contributed by atoms with E-state index in [1.165, 1.54) is 0 Å². The summed E-state index contributed by atoms with van der Waals surface area (Å²) >= 11 is 0. The molecule has 2 aliphatic heterocycles. The van der Waals surface area contributed by atoms with E-state index in [2.05, 4.69) is 0 Å². The summed E-state index contributed by atoms with van der Waals surface area (Å²) in [5, 5.41) is 8.55. The van der Waals surface area contributed by atoms with Crippen molar-refractivity contribution in [3.8, 4) is 6.07 Å². The molecule has 7 nitrogen and oxygen atoms in total. The van der Waals surface area contributed by atoms with E-state index in [1.807, 2.05) is 19.9 Å². The molecule has 0 saturated carbocycles. The molecule has 0 N–H and O–H groups in total. The highest BCUT2D eigenvalue weighted by molar-refractivity contribution is 5.89. The Morgan fingerprint density at radius 3 is 2.32 bits per heavy atom. The molecule has 2 saturated heterocycles. The van der Waals surface area contributed by atoms with E-state index in [0.717, 1.165) is 0 Å². The predicted octanol–water partition coefficient (Wildman–Crippen LogP) is -0.172. The summed E-state index contributed by atoms with van der Waals surface area (Å²) < 4.78 is 0. The van der Waals surface area contributed by atoms with Crippen molar-refractivity contribution in [3.63, 3.8) is 0 Å². The first kappa shape index (κ1) is 16.3. The maximum absolute atomic E-state index is 12.5. The minimum atomic E-state index is -0.267. The first-order valence-corrected chi connectivity index (χ1v) is 7.67. The van der Waals surface area contributed by atoms with Crippen molar-refractivity contribution in [2.45, 2.75) is 32.7 Å². The number of hydrogen-bond donors (Lipinski definition) is 0. The zero-order chi connectivity index (χ0) is 16.3. The van der Waals surface area contributed by atoms with E-state index in [1.54, 1.807) is 14.7 Å². The maximum atomic E-state index is 12.5. The Kier molecular flexibility index (Phi) is 5.01. The second kappa shape index (κ2) is 6.77. The van der Waals surface area contributed by atoms with Gasteiger partial charge in [-0.05, 0) is 13.8 Å². The number of carbonyl (C=O) groups excluding carboxylic acids is 3. The van der Waals surface area contributed by atoms with Crippen molar-refractivity contribution in [1.29, 1.82) is 5.26 Å². The summed E-state index contributed by atoms with van der Waals surface area (Å²) in [5.41, 5.74) is 0. The average molecular weight is 306 g/mol. The number of piperazine rings is 1. The van der Waals surface area contributed by atoms with Crippen LogP contribution in [-0.4, -0.2) is 71.2 Å². The third-order valence-corrected chi connectivity index (χ3v) is 4.31. The van der Waals surface area contributed by atoms with Crippen LogP contribution in [0.2, 0.25) is 0 Å². The van der Waals surface area contributed by atoms with Crippen molar-refractivity contribution < 1.29 is 14.4 Å². The third kappa shape index (κ3) is 3.38. The molecule has 0 aromatic rings. The van der Waals surface area contributed by atoms with Gasteiger partial charge >= 0.3 is 0 Å². The zero-order valence-electron chi connectivity index (χ0n) is 13.1. The van der Waals surface area contributed by atoms with Crippen molar-refractivity contribution in [2.24, 2.45) is 5.92 Å². The molecule has 1 atom stereocenters. The molecule has 0 spiro atoms. The number of likely N-dealkylation sites (tertiary alicyclic amines) is 1. The van der Waals surface area contributed by atoms with Crippen molar-refractivity contribution in [1.82, 2.24) is 14.7 Å². The van der Waals surface area contributed by atoms with Gasteiger partial charge in [-0.1, -0.05) is 0 Å². The van der Waals surface area contributed by atoms with Gasteiger partial charge in [0.1, 0.15) is 6.42 Å². The van der Waals surface area contributed by atoms with Crippen molar-refractivity contribution in [2.75, 3.05) is 32.7 Å². The topological polar surface area (TPSA) is 84.7 Å².